The molecule has 1 amide bonds. The van der Waals surface area contributed by atoms with Crippen LogP contribution in [0.15, 0.2) is 40.9 Å². The lowest BCUT2D eigenvalue weighted by Gasteiger charge is -2.68. The van der Waals surface area contributed by atoms with Crippen molar-refractivity contribution in [3.8, 4) is 23.5 Å². The molecule has 0 spiro atoms. The number of pyridine rings is 1. The topological polar surface area (TPSA) is 109 Å². The van der Waals surface area contributed by atoms with Crippen molar-refractivity contribution in [2.45, 2.75) is 30.2 Å². The smallest absolute Gasteiger partial charge is 0.420 e. The molecule has 0 unspecified atom stereocenters. The fraction of sp³-hybridized carbons (Fsp3) is 0.333. The maximum absolute atomic E-state index is 13.5. The van der Waals surface area contributed by atoms with Crippen molar-refractivity contribution >= 4 is 17.5 Å². The standard InChI is InChI=1S/C21H18ClFN4O5/c1-29-17-5-3-13(7-24-17)31-19-27-26-18(32-19)20-9-21(10-20,11-20)25-16(28)8-30-12-2-4-14(22)15(23)6-12/h2-7H,8-11H2,1H3,(H,25,28). The third kappa shape index (κ3) is 3.70. The van der Waals surface area contributed by atoms with E-state index in [-0.39, 0.29) is 40.3 Å². The van der Waals surface area contributed by atoms with Crippen molar-refractivity contribution in [3.63, 3.8) is 0 Å². The van der Waals surface area contributed by atoms with Gasteiger partial charge in [0, 0.05) is 17.7 Å². The van der Waals surface area contributed by atoms with Crippen LogP contribution in [0.2, 0.25) is 5.02 Å². The molecule has 32 heavy (non-hydrogen) atoms. The summed E-state index contributed by atoms with van der Waals surface area (Å²) in [5.74, 6) is 0.755. The molecule has 3 aliphatic rings. The van der Waals surface area contributed by atoms with E-state index >= 15 is 0 Å². The molecule has 1 N–H and O–H groups in total. The highest BCUT2D eigenvalue weighted by Crippen LogP contribution is 2.67. The molecule has 166 valence electrons. The van der Waals surface area contributed by atoms with Gasteiger partial charge >= 0.3 is 6.08 Å². The zero-order chi connectivity index (χ0) is 22.3. The Balaban J connectivity index is 1.12. The minimum atomic E-state index is -0.600. The summed E-state index contributed by atoms with van der Waals surface area (Å²) in [4.78, 5) is 16.3. The van der Waals surface area contributed by atoms with Gasteiger partial charge < -0.3 is 23.9 Å². The van der Waals surface area contributed by atoms with Crippen LogP contribution in [-0.2, 0) is 10.2 Å². The predicted octanol–water partition coefficient (Wildman–Crippen LogP) is 3.43. The Kier molecular flexibility index (Phi) is 4.89. The summed E-state index contributed by atoms with van der Waals surface area (Å²) >= 11 is 5.64. The van der Waals surface area contributed by atoms with Gasteiger partial charge in [0.25, 0.3) is 5.91 Å². The van der Waals surface area contributed by atoms with E-state index in [4.69, 9.17) is 30.2 Å². The van der Waals surface area contributed by atoms with E-state index in [1.54, 1.807) is 12.1 Å². The zero-order valence-electron chi connectivity index (χ0n) is 16.9. The maximum atomic E-state index is 13.5. The van der Waals surface area contributed by atoms with E-state index in [9.17, 15) is 9.18 Å². The summed E-state index contributed by atoms with van der Waals surface area (Å²) < 4.78 is 35.0. The van der Waals surface area contributed by atoms with E-state index in [1.807, 2.05) is 0 Å². The number of aromatic nitrogens is 3. The summed E-state index contributed by atoms with van der Waals surface area (Å²) in [7, 11) is 1.53. The summed E-state index contributed by atoms with van der Waals surface area (Å²) in [5.41, 5.74) is -0.554. The minimum Gasteiger partial charge on any atom is -0.484 e. The van der Waals surface area contributed by atoms with Gasteiger partial charge in [0.1, 0.15) is 11.6 Å². The highest BCUT2D eigenvalue weighted by Gasteiger charge is 2.71. The molecule has 0 radical (unpaired) electrons. The second kappa shape index (κ2) is 7.63. The fourth-order valence-corrected chi connectivity index (χ4v) is 4.43. The van der Waals surface area contributed by atoms with Crippen LogP contribution < -0.4 is 19.5 Å². The first-order chi connectivity index (χ1) is 15.4. The summed E-state index contributed by atoms with van der Waals surface area (Å²) in [6.45, 7) is -0.218. The number of ether oxygens (including phenoxy) is 3. The maximum Gasteiger partial charge on any atom is 0.420 e. The van der Waals surface area contributed by atoms with E-state index in [1.165, 1.54) is 25.4 Å². The normalized spacial score (nSPS) is 23.0. The van der Waals surface area contributed by atoms with Crippen LogP contribution in [0, 0.1) is 5.82 Å². The van der Waals surface area contributed by atoms with Crippen LogP contribution in [0.5, 0.6) is 23.5 Å². The first-order valence-corrected chi connectivity index (χ1v) is 10.2. The SMILES string of the molecule is COc1ccc(Oc2nnc(C34CC(NC(=O)COc5ccc(Cl)c(F)c5)(C3)C4)o2)cn1. The average molecular weight is 461 g/mol. The van der Waals surface area contributed by atoms with Gasteiger partial charge in [-0.05, 0) is 37.5 Å². The van der Waals surface area contributed by atoms with Gasteiger partial charge in [-0.25, -0.2) is 9.37 Å². The largest absolute Gasteiger partial charge is 0.484 e. The van der Waals surface area contributed by atoms with Gasteiger partial charge in [-0.1, -0.05) is 16.7 Å². The number of rotatable bonds is 8. The third-order valence-electron chi connectivity index (χ3n) is 5.68. The molecule has 2 bridgehead atoms. The van der Waals surface area contributed by atoms with E-state index < -0.39 is 5.82 Å². The van der Waals surface area contributed by atoms with Crippen molar-refractivity contribution in [2.24, 2.45) is 0 Å². The molecule has 3 aliphatic carbocycles. The van der Waals surface area contributed by atoms with Crippen LogP contribution in [0.3, 0.4) is 0 Å². The molecule has 9 nitrogen and oxygen atoms in total. The monoisotopic (exact) mass is 460 g/mol. The number of carbonyl (C=O) groups is 1. The molecule has 1 aromatic carbocycles. The summed E-state index contributed by atoms with van der Waals surface area (Å²) in [5, 5.41) is 11.0. The van der Waals surface area contributed by atoms with Gasteiger partial charge in [0.15, 0.2) is 12.4 Å². The Morgan fingerprint density at radius 1 is 1.22 bits per heavy atom. The first kappa shape index (κ1) is 20.5. The molecule has 2 heterocycles. The second-order valence-electron chi connectivity index (χ2n) is 8.02. The van der Waals surface area contributed by atoms with Crippen molar-refractivity contribution in [1.29, 1.82) is 0 Å². The van der Waals surface area contributed by atoms with Crippen LogP contribution in [0.25, 0.3) is 0 Å². The number of amides is 1. The highest BCUT2D eigenvalue weighted by atomic mass is 35.5. The number of nitrogens with zero attached hydrogens (tertiary/aromatic N) is 3. The molecule has 2 aromatic heterocycles. The van der Waals surface area contributed by atoms with Gasteiger partial charge in [0.2, 0.25) is 11.8 Å². The molecule has 0 saturated heterocycles. The molecule has 3 fully saturated rings. The van der Waals surface area contributed by atoms with Crippen molar-refractivity contribution in [2.75, 3.05) is 13.7 Å². The lowest BCUT2D eigenvalue weighted by Crippen LogP contribution is -2.77. The van der Waals surface area contributed by atoms with Crippen LogP contribution in [0.1, 0.15) is 25.2 Å². The number of carbonyl (C=O) groups excluding carboxylic acids is 1. The predicted molar refractivity (Wildman–Crippen MR) is 108 cm³/mol. The zero-order valence-corrected chi connectivity index (χ0v) is 17.7. The molecule has 11 heteroatoms. The van der Waals surface area contributed by atoms with Gasteiger partial charge in [0.05, 0.1) is 23.7 Å². The number of nitrogens with one attached hydrogen (secondary N) is 1. The number of methoxy groups -OCH3 is 1. The fourth-order valence-electron chi connectivity index (χ4n) is 4.31. The molecule has 0 atom stereocenters. The Morgan fingerprint density at radius 3 is 2.69 bits per heavy atom. The van der Waals surface area contributed by atoms with Crippen molar-refractivity contribution < 1.29 is 27.8 Å². The molecule has 3 aromatic rings. The van der Waals surface area contributed by atoms with Crippen molar-refractivity contribution in [3.05, 3.63) is 53.3 Å². The third-order valence-corrected chi connectivity index (χ3v) is 5.99. The average Bonchev–Trinajstić information content (AvgIpc) is 3.19. The lowest BCUT2D eigenvalue weighted by molar-refractivity contribution is -0.143. The number of hydrogen-bond acceptors (Lipinski definition) is 8. The first-order valence-electron chi connectivity index (χ1n) is 9.80. The summed E-state index contributed by atoms with van der Waals surface area (Å²) in [6.07, 6.45) is 3.58. The van der Waals surface area contributed by atoms with Gasteiger partial charge in [-0.2, -0.15) is 0 Å². The van der Waals surface area contributed by atoms with Crippen LogP contribution in [0.4, 0.5) is 4.39 Å². The minimum absolute atomic E-state index is 0.00350. The van der Waals surface area contributed by atoms with E-state index in [0.717, 1.165) is 6.07 Å². The highest BCUT2D eigenvalue weighted by molar-refractivity contribution is 6.30. The quantitative estimate of drug-likeness (QED) is 0.544. The second-order valence-corrected chi connectivity index (χ2v) is 8.42. The Labute approximate surface area is 186 Å². The van der Waals surface area contributed by atoms with Gasteiger partial charge in [-0.3, -0.25) is 4.79 Å². The van der Waals surface area contributed by atoms with E-state index in [2.05, 4.69) is 20.5 Å². The summed E-state index contributed by atoms with van der Waals surface area (Å²) in [6, 6.07) is 7.37. The molecule has 0 aliphatic heterocycles. The molecular weight excluding hydrogens is 443 g/mol. The molecule has 3 saturated carbocycles. The van der Waals surface area contributed by atoms with Gasteiger partial charge in [-0.15, -0.1) is 5.10 Å². The number of hydrogen-bond donors (Lipinski definition) is 1. The van der Waals surface area contributed by atoms with Crippen LogP contribution >= 0.6 is 11.6 Å². The van der Waals surface area contributed by atoms with Crippen LogP contribution in [-0.4, -0.2) is 40.3 Å². The Hall–Kier alpha value is -3.40. The Morgan fingerprint density at radius 2 is 2.00 bits per heavy atom. The molecule has 6 rings (SSSR count). The number of benzene rings is 1. The van der Waals surface area contributed by atoms with Crippen molar-refractivity contribution in [1.82, 2.24) is 20.5 Å². The lowest BCUT2D eigenvalue weighted by atomic mass is 9.39. The van der Waals surface area contributed by atoms with E-state index in [0.29, 0.717) is 36.8 Å². The number of halogens is 2. The molecular formula is C21H18ClFN4O5. The Bertz CT molecular complexity index is 1150.